The summed E-state index contributed by atoms with van der Waals surface area (Å²) < 4.78 is 24.5. The van der Waals surface area contributed by atoms with E-state index in [-0.39, 0.29) is 0 Å². The molecule has 35 heavy (non-hydrogen) atoms. The van der Waals surface area contributed by atoms with Gasteiger partial charge in [0, 0.05) is 45.0 Å². The maximum atomic E-state index is 14.6. The number of ether oxygens (including phenoxy) is 2. The third kappa shape index (κ3) is 8.13. The summed E-state index contributed by atoms with van der Waals surface area (Å²) in [7, 11) is 1.63. The molecule has 1 saturated carbocycles. The number of pyridine rings is 2. The van der Waals surface area contributed by atoms with E-state index in [1.807, 2.05) is 12.1 Å². The number of aromatic nitrogens is 2. The first-order valence-electron chi connectivity index (χ1n) is 12.4. The van der Waals surface area contributed by atoms with Crippen molar-refractivity contribution in [2.75, 3.05) is 50.7 Å². The van der Waals surface area contributed by atoms with E-state index < -0.39 is 11.2 Å². The molecule has 8 nitrogen and oxygen atoms in total. The molecule has 190 valence electrons. The minimum absolute atomic E-state index is 0.396. The highest BCUT2D eigenvalue weighted by atomic mass is 19.1. The Morgan fingerprint density at radius 3 is 2.66 bits per heavy atom. The van der Waals surface area contributed by atoms with Crippen LogP contribution in [0.4, 0.5) is 16.0 Å². The van der Waals surface area contributed by atoms with Gasteiger partial charge >= 0.3 is 0 Å². The first-order valence-corrected chi connectivity index (χ1v) is 12.4. The van der Waals surface area contributed by atoms with Crippen molar-refractivity contribution < 1.29 is 13.9 Å². The Hall–Kier alpha value is -2.80. The van der Waals surface area contributed by atoms with Gasteiger partial charge < -0.3 is 25.8 Å². The minimum atomic E-state index is -0.449. The van der Waals surface area contributed by atoms with E-state index >= 15 is 0 Å². The number of rotatable bonds is 8. The first kappa shape index (κ1) is 26.8. The average molecular weight is 485 g/mol. The maximum absolute atomic E-state index is 14.6. The summed E-state index contributed by atoms with van der Waals surface area (Å²) in [5, 5.41) is 16.3. The van der Waals surface area contributed by atoms with Crippen LogP contribution in [0.5, 0.6) is 0 Å². The Balaban J connectivity index is 0.000000623. The van der Waals surface area contributed by atoms with Gasteiger partial charge in [0.05, 0.1) is 30.0 Å². The molecular weight excluding hydrogens is 447 g/mol. The van der Waals surface area contributed by atoms with E-state index in [4.69, 9.17) is 10.5 Å². The normalized spacial score (nSPS) is 17.5. The second-order valence-corrected chi connectivity index (χ2v) is 9.08. The number of nitriles is 1. The van der Waals surface area contributed by atoms with Gasteiger partial charge in [-0.25, -0.2) is 14.4 Å². The Morgan fingerprint density at radius 1 is 1.23 bits per heavy atom. The standard InChI is InChI=1S/C23H28FN5O.C3H9NO/c24-19-14-26-22(28-17-5-2-1-3-6-17)13-18(19)20-7-4-8-21(29-20)27-16-23(15-25)9-11-30-12-10-23;1-5-3-2-4/h4,7-8,13-14,17H,1-3,5-6,9-12,16H2,(H,26,28)(H,27,29);2-4H2,1H3. The molecule has 1 aliphatic heterocycles. The molecule has 4 rings (SSSR count). The van der Waals surface area contributed by atoms with Crippen molar-refractivity contribution >= 4 is 11.6 Å². The van der Waals surface area contributed by atoms with Gasteiger partial charge in [0.2, 0.25) is 0 Å². The Labute approximate surface area is 207 Å². The molecule has 0 unspecified atom stereocenters. The molecule has 0 radical (unpaired) electrons. The zero-order valence-electron chi connectivity index (χ0n) is 20.6. The fourth-order valence-corrected chi connectivity index (χ4v) is 4.32. The van der Waals surface area contributed by atoms with Crippen molar-refractivity contribution in [3.8, 4) is 17.3 Å². The third-order valence-electron chi connectivity index (χ3n) is 6.45. The summed E-state index contributed by atoms with van der Waals surface area (Å²) in [6.45, 7) is 2.98. The number of nitrogens with one attached hydrogen (secondary N) is 2. The zero-order valence-corrected chi connectivity index (χ0v) is 20.6. The van der Waals surface area contributed by atoms with Crippen LogP contribution >= 0.6 is 0 Å². The second kappa shape index (κ2) is 13.9. The largest absolute Gasteiger partial charge is 0.383 e. The summed E-state index contributed by atoms with van der Waals surface area (Å²) in [4.78, 5) is 8.82. The average Bonchev–Trinajstić information content (AvgIpc) is 2.91. The van der Waals surface area contributed by atoms with Crippen LogP contribution in [0, 0.1) is 22.6 Å². The van der Waals surface area contributed by atoms with Crippen LogP contribution in [-0.2, 0) is 9.47 Å². The van der Waals surface area contributed by atoms with Gasteiger partial charge in [0.25, 0.3) is 0 Å². The summed E-state index contributed by atoms with van der Waals surface area (Å²) in [6.07, 6.45) is 8.62. The Kier molecular flexibility index (Phi) is 10.7. The monoisotopic (exact) mass is 484 g/mol. The number of anilines is 2. The second-order valence-electron chi connectivity index (χ2n) is 9.08. The van der Waals surface area contributed by atoms with Crippen molar-refractivity contribution in [2.45, 2.75) is 51.0 Å². The van der Waals surface area contributed by atoms with Crippen LogP contribution in [0.1, 0.15) is 44.9 Å². The molecule has 2 fully saturated rings. The van der Waals surface area contributed by atoms with Crippen molar-refractivity contribution in [1.82, 2.24) is 9.97 Å². The van der Waals surface area contributed by atoms with Crippen LogP contribution in [-0.4, -0.2) is 56.0 Å². The molecule has 1 saturated heterocycles. The zero-order chi connectivity index (χ0) is 24.9. The van der Waals surface area contributed by atoms with Crippen LogP contribution in [0.15, 0.2) is 30.5 Å². The van der Waals surface area contributed by atoms with E-state index in [2.05, 4.69) is 31.4 Å². The summed E-state index contributed by atoms with van der Waals surface area (Å²) in [6, 6.07) is 10.1. The van der Waals surface area contributed by atoms with Crippen molar-refractivity contribution in [2.24, 2.45) is 11.1 Å². The number of methoxy groups -OCH3 is 1. The summed E-state index contributed by atoms with van der Waals surface area (Å²) in [5.74, 6) is 0.919. The molecule has 4 N–H and O–H groups in total. The van der Waals surface area contributed by atoms with E-state index in [1.165, 1.54) is 25.5 Å². The molecule has 2 aromatic heterocycles. The highest BCUT2D eigenvalue weighted by Gasteiger charge is 2.32. The first-order chi connectivity index (χ1) is 17.1. The molecule has 2 aromatic rings. The number of nitrogens with zero attached hydrogens (tertiary/aromatic N) is 3. The fourth-order valence-electron chi connectivity index (χ4n) is 4.32. The summed E-state index contributed by atoms with van der Waals surface area (Å²) >= 11 is 0. The lowest BCUT2D eigenvalue weighted by Crippen LogP contribution is -2.34. The number of halogens is 1. The molecule has 0 aromatic carbocycles. The van der Waals surface area contributed by atoms with Crippen molar-refractivity contribution in [3.05, 3.63) is 36.3 Å². The van der Waals surface area contributed by atoms with Crippen molar-refractivity contribution in [3.63, 3.8) is 0 Å². The highest BCUT2D eigenvalue weighted by molar-refractivity contribution is 5.65. The van der Waals surface area contributed by atoms with Gasteiger partial charge in [-0.1, -0.05) is 25.3 Å². The predicted octanol–water partition coefficient (Wildman–Crippen LogP) is 4.35. The number of nitrogens with two attached hydrogens (primary N) is 1. The lowest BCUT2D eigenvalue weighted by Gasteiger charge is -2.30. The Morgan fingerprint density at radius 2 is 2.00 bits per heavy atom. The summed E-state index contributed by atoms with van der Waals surface area (Å²) in [5.41, 5.74) is 5.53. The minimum Gasteiger partial charge on any atom is -0.383 e. The molecule has 0 atom stereocenters. The van der Waals surface area contributed by atoms with Crippen LogP contribution in [0.2, 0.25) is 0 Å². The van der Waals surface area contributed by atoms with Gasteiger partial charge in [-0.2, -0.15) is 5.26 Å². The van der Waals surface area contributed by atoms with Crippen LogP contribution < -0.4 is 16.4 Å². The highest BCUT2D eigenvalue weighted by Crippen LogP contribution is 2.31. The topological polar surface area (TPSA) is 118 Å². The molecule has 1 aliphatic carbocycles. The molecule has 3 heterocycles. The van der Waals surface area contributed by atoms with Crippen LogP contribution in [0.25, 0.3) is 11.3 Å². The van der Waals surface area contributed by atoms with Gasteiger partial charge in [-0.05, 0) is 43.9 Å². The molecule has 2 aliphatic rings. The lowest BCUT2D eigenvalue weighted by atomic mass is 9.82. The van der Waals surface area contributed by atoms with Gasteiger partial charge in [0.1, 0.15) is 11.6 Å². The van der Waals surface area contributed by atoms with Crippen LogP contribution in [0.3, 0.4) is 0 Å². The van der Waals surface area contributed by atoms with Crippen molar-refractivity contribution in [1.29, 1.82) is 5.26 Å². The SMILES string of the molecule is COCCN.N#CC1(CNc2cccc(-c3cc(NC4CCCCC4)ncc3F)n2)CCOCC1. The lowest BCUT2D eigenvalue weighted by molar-refractivity contribution is 0.0455. The van der Waals surface area contributed by atoms with Gasteiger partial charge in [-0.3, -0.25) is 0 Å². The molecular formula is C26H37FN6O2. The molecule has 0 bridgehead atoms. The predicted molar refractivity (Wildman–Crippen MR) is 135 cm³/mol. The van der Waals surface area contributed by atoms with Gasteiger partial charge in [0.15, 0.2) is 5.82 Å². The fraction of sp³-hybridized carbons (Fsp3) is 0.577. The van der Waals surface area contributed by atoms with E-state index in [0.29, 0.717) is 74.7 Å². The molecule has 0 amide bonds. The van der Waals surface area contributed by atoms with Gasteiger partial charge in [-0.15, -0.1) is 0 Å². The van der Waals surface area contributed by atoms with E-state index in [9.17, 15) is 9.65 Å². The molecule has 0 spiro atoms. The number of hydrogen-bond donors (Lipinski definition) is 3. The third-order valence-corrected chi connectivity index (χ3v) is 6.45. The smallest absolute Gasteiger partial charge is 0.151 e. The maximum Gasteiger partial charge on any atom is 0.151 e. The Bertz CT molecular complexity index is 953. The quantitative estimate of drug-likeness (QED) is 0.506. The van der Waals surface area contributed by atoms with E-state index in [1.54, 1.807) is 19.2 Å². The van der Waals surface area contributed by atoms with E-state index in [0.717, 1.165) is 12.8 Å². The number of hydrogen-bond acceptors (Lipinski definition) is 8. The molecule has 9 heteroatoms.